The highest BCUT2D eigenvalue weighted by Crippen LogP contribution is 2.21. The van der Waals surface area contributed by atoms with Gasteiger partial charge in [-0.1, -0.05) is 13.0 Å². The van der Waals surface area contributed by atoms with Crippen molar-refractivity contribution in [2.45, 2.75) is 26.3 Å². The molecule has 0 amide bonds. The molecule has 3 nitrogen and oxygen atoms in total. The van der Waals surface area contributed by atoms with Crippen LogP contribution in [0.15, 0.2) is 41.3 Å². The lowest BCUT2D eigenvalue weighted by Gasteiger charge is -2.19. The van der Waals surface area contributed by atoms with Crippen LogP contribution in [0.4, 0.5) is 0 Å². The second kappa shape index (κ2) is 6.78. The summed E-state index contributed by atoms with van der Waals surface area (Å²) >= 11 is 3.47. The van der Waals surface area contributed by atoms with E-state index in [1.807, 2.05) is 18.5 Å². The second-order valence-corrected chi connectivity index (χ2v) is 5.42. The Morgan fingerprint density at radius 3 is 2.89 bits per heavy atom. The van der Waals surface area contributed by atoms with Crippen LogP contribution in [0, 0.1) is 6.92 Å². The van der Waals surface area contributed by atoms with E-state index in [9.17, 15) is 0 Å². The normalized spacial score (nSPS) is 12.4. The zero-order chi connectivity index (χ0) is 13.7. The number of pyridine rings is 2. The van der Waals surface area contributed by atoms with Gasteiger partial charge in [-0.05, 0) is 59.1 Å². The number of hydrogen-bond acceptors (Lipinski definition) is 3. The van der Waals surface area contributed by atoms with E-state index in [4.69, 9.17) is 0 Å². The molecule has 0 saturated heterocycles. The van der Waals surface area contributed by atoms with Gasteiger partial charge in [0.15, 0.2) is 0 Å². The van der Waals surface area contributed by atoms with Crippen molar-refractivity contribution in [2.75, 3.05) is 6.54 Å². The minimum atomic E-state index is 0.273. The molecule has 0 radical (unpaired) electrons. The van der Waals surface area contributed by atoms with Crippen LogP contribution in [0.2, 0.25) is 0 Å². The number of aromatic nitrogens is 2. The third-order valence-corrected chi connectivity index (χ3v) is 3.51. The molecule has 0 aromatic carbocycles. The molecule has 0 fully saturated rings. The summed E-state index contributed by atoms with van der Waals surface area (Å²) in [6.45, 7) is 5.11. The van der Waals surface area contributed by atoms with Gasteiger partial charge in [0.2, 0.25) is 0 Å². The highest BCUT2D eigenvalue weighted by molar-refractivity contribution is 9.10. The van der Waals surface area contributed by atoms with E-state index in [2.05, 4.69) is 57.2 Å². The minimum Gasteiger partial charge on any atom is -0.310 e. The van der Waals surface area contributed by atoms with Crippen LogP contribution >= 0.6 is 15.9 Å². The van der Waals surface area contributed by atoms with E-state index < -0.39 is 0 Å². The summed E-state index contributed by atoms with van der Waals surface area (Å²) in [6.07, 6.45) is 6.47. The summed E-state index contributed by atoms with van der Waals surface area (Å²) in [5.74, 6) is 0. The van der Waals surface area contributed by atoms with Crippen molar-refractivity contribution < 1.29 is 0 Å². The molecule has 0 bridgehead atoms. The Labute approximate surface area is 122 Å². The molecular weight excluding hydrogens is 302 g/mol. The maximum absolute atomic E-state index is 4.38. The maximum Gasteiger partial charge on any atom is 0.0420 e. The van der Waals surface area contributed by atoms with E-state index in [1.54, 1.807) is 6.20 Å². The van der Waals surface area contributed by atoms with Crippen molar-refractivity contribution in [3.63, 3.8) is 0 Å². The van der Waals surface area contributed by atoms with Crippen LogP contribution in [0.5, 0.6) is 0 Å². The lowest BCUT2D eigenvalue weighted by molar-refractivity contribution is 0.544. The average Bonchev–Trinajstić information content (AvgIpc) is 2.39. The number of aryl methyl sites for hydroxylation is 1. The van der Waals surface area contributed by atoms with E-state index >= 15 is 0 Å². The molecule has 19 heavy (non-hydrogen) atoms. The fourth-order valence-corrected chi connectivity index (χ4v) is 2.62. The third kappa shape index (κ3) is 3.85. The number of rotatable bonds is 5. The Morgan fingerprint density at radius 1 is 1.37 bits per heavy atom. The Balaban J connectivity index is 2.24. The summed E-state index contributed by atoms with van der Waals surface area (Å²) in [7, 11) is 0. The summed E-state index contributed by atoms with van der Waals surface area (Å²) in [4.78, 5) is 8.60. The molecule has 2 aromatic rings. The highest BCUT2D eigenvalue weighted by Gasteiger charge is 2.14. The first-order valence-corrected chi connectivity index (χ1v) is 7.24. The van der Waals surface area contributed by atoms with Crippen molar-refractivity contribution in [3.05, 3.63) is 58.1 Å². The first-order chi connectivity index (χ1) is 9.20. The molecule has 0 aliphatic heterocycles. The largest absolute Gasteiger partial charge is 0.310 e. The van der Waals surface area contributed by atoms with E-state index in [-0.39, 0.29) is 6.04 Å². The minimum absolute atomic E-state index is 0.273. The molecule has 1 unspecified atom stereocenters. The molecular formula is C15H18BrN3. The molecule has 0 aliphatic rings. The van der Waals surface area contributed by atoms with Crippen LogP contribution in [0.25, 0.3) is 0 Å². The zero-order valence-corrected chi connectivity index (χ0v) is 12.8. The standard InChI is InChI=1S/C15H18BrN3/c1-3-18-15(14-5-4-6-19-11(14)2)8-12-7-13(16)10-17-9-12/h4-7,9-10,15,18H,3,8H2,1-2H3. The van der Waals surface area contributed by atoms with Crippen LogP contribution in [-0.4, -0.2) is 16.5 Å². The van der Waals surface area contributed by atoms with Gasteiger partial charge in [-0.15, -0.1) is 0 Å². The van der Waals surface area contributed by atoms with E-state index in [1.165, 1.54) is 11.1 Å². The van der Waals surface area contributed by atoms with Crippen LogP contribution in [-0.2, 0) is 6.42 Å². The van der Waals surface area contributed by atoms with Gasteiger partial charge in [0.25, 0.3) is 0 Å². The molecule has 2 aromatic heterocycles. The molecule has 2 rings (SSSR count). The molecule has 1 N–H and O–H groups in total. The molecule has 2 heterocycles. The number of nitrogens with zero attached hydrogens (tertiary/aromatic N) is 2. The lowest BCUT2D eigenvalue weighted by Crippen LogP contribution is -2.24. The van der Waals surface area contributed by atoms with Crippen molar-refractivity contribution in [2.24, 2.45) is 0 Å². The predicted molar refractivity (Wildman–Crippen MR) is 81.0 cm³/mol. The van der Waals surface area contributed by atoms with Crippen molar-refractivity contribution in [1.82, 2.24) is 15.3 Å². The summed E-state index contributed by atoms with van der Waals surface area (Å²) < 4.78 is 1.02. The van der Waals surface area contributed by atoms with Crippen molar-refractivity contribution in [1.29, 1.82) is 0 Å². The smallest absolute Gasteiger partial charge is 0.0420 e. The van der Waals surface area contributed by atoms with Gasteiger partial charge < -0.3 is 5.32 Å². The van der Waals surface area contributed by atoms with Gasteiger partial charge in [0.05, 0.1) is 0 Å². The number of likely N-dealkylation sites (N-methyl/N-ethyl adjacent to an activating group) is 1. The van der Waals surface area contributed by atoms with Crippen molar-refractivity contribution >= 4 is 15.9 Å². The first-order valence-electron chi connectivity index (χ1n) is 6.45. The molecule has 1 atom stereocenters. The van der Waals surface area contributed by atoms with Crippen molar-refractivity contribution in [3.8, 4) is 0 Å². The van der Waals surface area contributed by atoms with Crippen LogP contribution < -0.4 is 5.32 Å². The topological polar surface area (TPSA) is 37.8 Å². The molecule has 0 spiro atoms. The quantitative estimate of drug-likeness (QED) is 0.917. The third-order valence-electron chi connectivity index (χ3n) is 3.08. The first kappa shape index (κ1) is 14.2. The highest BCUT2D eigenvalue weighted by atomic mass is 79.9. The maximum atomic E-state index is 4.38. The number of halogens is 1. The fourth-order valence-electron chi connectivity index (χ4n) is 2.21. The van der Waals surface area contributed by atoms with Gasteiger partial charge in [-0.25, -0.2) is 0 Å². The van der Waals surface area contributed by atoms with Gasteiger partial charge in [0, 0.05) is 34.8 Å². The Hall–Kier alpha value is -1.26. The summed E-state index contributed by atoms with van der Waals surface area (Å²) in [6, 6.07) is 6.52. The monoisotopic (exact) mass is 319 g/mol. The molecule has 4 heteroatoms. The Kier molecular flexibility index (Phi) is 5.05. The fraction of sp³-hybridized carbons (Fsp3) is 0.333. The molecule has 100 valence electrons. The SMILES string of the molecule is CCNC(Cc1cncc(Br)c1)c1cccnc1C. The van der Waals surface area contributed by atoms with E-state index in [0.717, 1.165) is 23.1 Å². The predicted octanol–water partition coefficient (Wildman–Crippen LogP) is 3.44. The average molecular weight is 320 g/mol. The second-order valence-electron chi connectivity index (χ2n) is 4.50. The van der Waals surface area contributed by atoms with Gasteiger partial charge in [0.1, 0.15) is 0 Å². The Bertz CT molecular complexity index is 542. The summed E-state index contributed by atoms with van der Waals surface area (Å²) in [5, 5.41) is 3.52. The lowest BCUT2D eigenvalue weighted by atomic mass is 9.99. The van der Waals surface area contributed by atoms with Gasteiger partial charge >= 0.3 is 0 Å². The molecule has 0 saturated carbocycles. The van der Waals surface area contributed by atoms with Gasteiger partial charge in [-0.3, -0.25) is 9.97 Å². The Morgan fingerprint density at radius 2 is 2.21 bits per heavy atom. The summed E-state index contributed by atoms with van der Waals surface area (Å²) in [5.41, 5.74) is 3.55. The van der Waals surface area contributed by atoms with Crippen LogP contribution in [0.1, 0.15) is 29.8 Å². The van der Waals surface area contributed by atoms with Crippen LogP contribution in [0.3, 0.4) is 0 Å². The number of hydrogen-bond donors (Lipinski definition) is 1. The molecule has 0 aliphatic carbocycles. The number of nitrogens with one attached hydrogen (secondary N) is 1. The van der Waals surface area contributed by atoms with Gasteiger partial charge in [-0.2, -0.15) is 0 Å². The van der Waals surface area contributed by atoms with E-state index in [0.29, 0.717) is 0 Å². The zero-order valence-electron chi connectivity index (χ0n) is 11.2.